The van der Waals surface area contributed by atoms with Gasteiger partial charge in [0.1, 0.15) is 83.4 Å². The molecular weight excluding hydrogens is 1450 g/mol. The number of aromatic hydroxyl groups is 2. The van der Waals surface area contributed by atoms with Gasteiger partial charge in [-0.05, 0) is 131 Å². The maximum Gasteiger partial charge on any atom is 0.340 e. The number of fused-ring (bicyclic) bond motifs is 6. The van der Waals surface area contributed by atoms with E-state index in [9.17, 15) is 92.3 Å². The molecule has 110 heavy (non-hydrogen) atoms. The first-order valence-corrected chi connectivity index (χ1v) is 36.1. The molecule has 0 aromatic heterocycles. The third-order valence-corrected chi connectivity index (χ3v) is 19.0. The Morgan fingerprint density at radius 1 is 0.664 bits per heavy atom. The molecule has 0 aliphatic carbocycles. The fourth-order valence-electron chi connectivity index (χ4n) is 13.1. The van der Waals surface area contributed by atoms with E-state index < -0.39 is 180 Å². The number of nitrogens with zero attached hydrogens (tertiary/aromatic N) is 1. The molecule has 588 valence electrons. The van der Waals surface area contributed by atoms with Crippen LogP contribution >= 0.6 is 12.2 Å². The van der Waals surface area contributed by atoms with Crippen LogP contribution in [-0.2, 0) is 83.9 Å². The second kappa shape index (κ2) is 38.0. The summed E-state index contributed by atoms with van der Waals surface area (Å²) in [6, 6.07) is 6.74. The van der Waals surface area contributed by atoms with E-state index in [0.29, 0.717) is 40.8 Å². The van der Waals surface area contributed by atoms with Crippen molar-refractivity contribution in [2.75, 3.05) is 18.4 Å². The van der Waals surface area contributed by atoms with Crippen molar-refractivity contribution >= 4 is 112 Å². The Balaban J connectivity index is 0.888. The zero-order valence-electron chi connectivity index (χ0n) is 60.6. The van der Waals surface area contributed by atoms with Crippen molar-refractivity contribution in [2.45, 2.75) is 184 Å². The topological polar surface area (TPSA) is 543 Å². The number of nitrogens with two attached hydrogens (primary N) is 2. The van der Waals surface area contributed by atoms with Crippen LogP contribution in [-0.4, -0.2) is 193 Å². The van der Waals surface area contributed by atoms with E-state index in [1.54, 1.807) is 86.7 Å². The highest BCUT2D eigenvalue weighted by Gasteiger charge is 2.54. The average molecular weight is 1540 g/mol. The number of benzene rings is 4. The Morgan fingerprint density at radius 3 is 1.88 bits per heavy atom. The summed E-state index contributed by atoms with van der Waals surface area (Å²) in [4.78, 5) is 204. The molecule has 4 aliphatic rings. The lowest BCUT2D eigenvalue weighted by atomic mass is 9.77. The normalized spacial score (nSPS) is 19.6. The van der Waals surface area contributed by atoms with Crippen LogP contribution in [0.4, 0.5) is 5.69 Å². The number of esters is 1. The first-order chi connectivity index (χ1) is 52.2. The number of nitrogens with one attached hydrogen (secondary N) is 11. The number of carboxylic acid groups (broad SMARTS) is 2. The molecule has 19 N–H and O–H groups in total. The van der Waals surface area contributed by atoms with Crippen LogP contribution in [0.1, 0.15) is 144 Å². The van der Waals surface area contributed by atoms with Gasteiger partial charge in [0.25, 0.3) is 0 Å². The number of primary amides is 2. The number of carboxylic acids is 2. The Bertz CT molecular complexity index is 4200. The number of thiocarbonyl (C=S) groups is 1. The fraction of sp³-hybridized carbons (Fsp3) is 0.432. The van der Waals surface area contributed by atoms with Gasteiger partial charge >= 0.3 is 17.9 Å². The van der Waals surface area contributed by atoms with Crippen LogP contribution in [0, 0.1) is 5.92 Å². The highest BCUT2D eigenvalue weighted by molar-refractivity contribution is 7.80. The van der Waals surface area contributed by atoms with Crippen molar-refractivity contribution in [3.05, 3.63) is 125 Å². The summed E-state index contributed by atoms with van der Waals surface area (Å²) in [7, 11) is 0. The van der Waals surface area contributed by atoms with Crippen LogP contribution in [0.3, 0.4) is 0 Å². The predicted octanol–water partition coefficient (Wildman–Crippen LogP) is 0.246. The number of hydrogen-bond donors (Lipinski definition) is 17. The number of phenolic OH excluding ortho intramolecular Hbond substituents is 2. The van der Waals surface area contributed by atoms with Gasteiger partial charge < -0.3 is 105 Å². The number of carbonyl (C=O) groups is 15. The minimum atomic E-state index is -1.99. The number of anilines is 1. The third kappa shape index (κ3) is 22.0. The molecule has 1 spiro atoms. The lowest BCUT2D eigenvalue weighted by Crippen LogP contribution is -2.61. The lowest BCUT2D eigenvalue weighted by Gasteiger charge is -2.36. The van der Waals surface area contributed by atoms with E-state index in [2.05, 4.69) is 58.5 Å². The van der Waals surface area contributed by atoms with Crippen LogP contribution < -0.4 is 74.7 Å². The van der Waals surface area contributed by atoms with E-state index in [1.165, 1.54) is 36.1 Å². The first-order valence-electron chi connectivity index (χ1n) is 35.7. The number of carbonyl (C=O) groups excluding carboxylic acids is 13. The van der Waals surface area contributed by atoms with E-state index in [1.807, 2.05) is 0 Å². The Morgan fingerprint density at radius 2 is 1.26 bits per heavy atom. The summed E-state index contributed by atoms with van der Waals surface area (Å²) in [6.45, 7) is 6.19. The van der Waals surface area contributed by atoms with Crippen molar-refractivity contribution < 1.29 is 102 Å². The Kier molecular flexibility index (Phi) is 28.8. The second-order valence-electron chi connectivity index (χ2n) is 27.4. The van der Waals surface area contributed by atoms with E-state index in [4.69, 9.17) is 33.2 Å². The van der Waals surface area contributed by atoms with E-state index in [-0.39, 0.29) is 104 Å². The summed E-state index contributed by atoms with van der Waals surface area (Å²) < 4.78 is 12.1. The summed E-state index contributed by atoms with van der Waals surface area (Å²) in [5.74, 6) is -15.2. The summed E-state index contributed by atoms with van der Waals surface area (Å²) >= 11 is 5.52. The van der Waals surface area contributed by atoms with Gasteiger partial charge in [0.05, 0.1) is 18.4 Å². The first kappa shape index (κ1) is 83.4. The molecule has 0 unspecified atom stereocenters. The molecule has 12 amide bonds. The standard InChI is InChI=1S/C74H90N14O21S/c1-37(2)61(79-39(4)89)71(106)88-30-14-20-55(88)70(105)84-50-19-11-6-5-10-18-49(82-68(103)52(31-40-15-8-7-9-16-40)86-66(101)51(83-64(50)99)27-28-58(75)92)65(100)87-53(35-59(93)94)67(102)78-38(3)63(98)85-54(36-60(95)96)69(104)81-48(62(76)97)17-12-13-29-77-73(110)80-41-21-24-45-44(32-41)72(107)109-74(45)46-25-22-42(90)33-56(46)108-57-34-43(91)23-26-47(57)74/h5-9,15-16,21-26,32-34,37-38,48-55,61,90-91H,10-14,17-20,27-31,35-36H2,1-4H3,(H2,75,92)(H2,76,97)(H,78,102)(H,79,89)(H,81,104)(H,82,103)(H,83,99)(H,84,105)(H,85,98)(H,86,101)(H,87,100)(H,93,94)(H,95,96)(H2,77,80,110)/b6-5+/t38-,48-,49+,50-,51-,52-,53-,54-,55-,61-/m0/s1. The number of unbranched alkanes of at least 4 members (excludes halogenated alkanes) is 1. The maximum atomic E-state index is 14.6. The highest BCUT2D eigenvalue weighted by Crippen LogP contribution is 2.57. The van der Waals surface area contributed by atoms with Crippen LogP contribution in [0.2, 0.25) is 0 Å². The number of phenols is 2. The van der Waals surface area contributed by atoms with Crippen LogP contribution in [0.15, 0.2) is 97.1 Å². The van der Waals surface area contributed by atoms with Crippen LogP contribution in [0.25, 0.3) is 0 Å². The van der Waals surface area contributed by atoms with Crippen molar-refractivity contribution in [1.29, 1.82) is 0 Å². The molecule has 0 radical (unpaired) electrons. The average Bonchev–Trinajstić information content (AvgIpc) is 1.49. The van der Waals surface area contributed by atoms with Gasteiger partial charge in [-0.2, -0.15) is 0 Å². The molecule has 4 aromatic rings. The van der Waals surface area contributed by atoms with Crippen LogP contribution in [0.5, 0.6) is 23.0 Å². The largest absolute Gasteiger partial charge is 0.508 e. The number of rotatable bonds is 29. The zero-order chi connectivity index (χ0) is 80.3. The van der Waals surface area contributed by atoms with Gasteiger partial charge in [0.15, 0.2) is 10.7 Å². The lowest BCUT2D eigenvalue weighted by molar-refractivity contribution is -0.143. The fourth-order valence-corrected chi connectivity index (χ4v) is 13.3. The number of allylic oxidation sites excluding steroid dienone is 2. The third-order valence-electron chi connectivity index (χ3n) is 18.7. The number of aliphatic carboxylic acids is 2. The molecule has 35 nitrogen and oxygen atoms in total. The van der Waals surface area contributed by atoms with Gasteiger partial charge in [-0.15, -0.1) is 0 Å². The SMILES string of the molecule is CC(=O)N[C@H](C(=O)N1CCC[C@H]1C(=O)N[C@H]1CC/C=C/CC[C@H](C(=O)N[C@@H](CC(=O)O)C(=O)N[C@@H](C)C(=O)N[C@@H](CC(=O)O)C(=O)N[C@@H](CCCCNC(=S)Nc2ccc3c(c2)C(=O)OC32c3ccc(O)cc3Oc3cc(O)ccc32)C(N)=O)NC(=O)[C@H](Cc2ccccc2)NC(=O)[C@H](CCC(N)=O)NC1=O)C(C)C. The molecule has 8 rings (SSSR count). The molecule has 10 atom stereocenters. The Labute approximate surface area is 636 Å². The number of ether oxygens (including phenoxy) is 2. The maximum absolute atomic E-state index is 14.6. The van der Waals surface area contributed by atoms with Crippen molar-refractivity contribution in [2.24, 2.45) is 17.4 Å². The summed E-state index contributed by atoms with van der Waals surface area (Å²) in [5, 5.41) is 68.7. The number of amides is 12. The summed E-state index contributed by atoms with van der Waals surface area (Å²) in [5.41, 5.74) is 12.1. The van der Waals surface area contributed by atoms with Crippen molar-refractivity contribution in [3.63, 3.8) is 0 Å². The highest BCUT2D eigenvalue weighted by atomic mass is 32.1. The molecule has 1 fully saturated rings. The molecule has 4 aromatic carbocycles. The molecule has 1 saturated heterocycles. The molecule has 36 heteroatoms. The smallest absolute Gasteiger partial charge is 0.340 e. The Hall–Kier alpha value is -12.2. The molecule has 0 saturated carbocycles. The molecule has 0 bridgehead atoms. The molecule has 4 aliphatic heterocycles. The van der Waals surface area contributed by atoms with Gasteiger partial charge in [-0.3, -0.25) is 67.1 Å². The van der Waals surface area contributed by atoms with Crippen molar-refractivity contribution in [1.82, 2.24) is 58.1 Å². The van der Waals surface area contributed by atoms with E-state index >= 15 is 0 Å². The van der Waals surface area contributed by atoms with Gasteiger partial charge in [0.2, 0.25) is 70.9 Å². The number of hydrogen-bond acceptors (Lipinski definition) is 20. The monoisotopic (exact) mass is 1540 g/mol. The minimum absolute atomic E-state index is 0.0155. The zero-order valence-corrected chi connectivity index (χ0v) is 61.5. The second-order valence-corrected chi connectivity index (χ2v) is 27.8. The van der Waals surface area contributed by atoms with Gasteiger partial charge in [0, 0.05) is 67.4 Å². The minimum Gasteiger partial charge on any atom is -0.508 e. The van der Waals surface area contributed by atoms with Gasteiger partial charge in [-0.1, -0.05) is 62.4 Å². The predicted molar refractivity (Wildman–Crippen MR) is 394 cm³/mol. The van der Waals surface area contributed by atoms with E-state index in [0.717, 1.165) is 6.92 Å². The number of likely N-dealkylation sites (tertiary alicyclic amines) is 1. The van der Waals surface area contributed by atoms with Crippen molar-refractivity contribution in [3.8, 4) is 23.0 Å². The summed E-state index contributed by atoms with van der Waals surface area (Å²) in [6.07, 6.45) is 0.685. The van der Waals surface area contributed by atoms with Gasteiger partial charge in [-0.25, -0.2) is 4.79 Å². The molecular formula is C74H90N14O21S. The quantitative estimate of drug-likeness (QED) is 0.0150. The molecule has 4 heterocycles.